The molecule has 15 heavy (non-hydrogen) atoms. The summed E-state index contributed by atoms with van der Waals surface area (Å²) in [4.78, 5) is 11.5. The van der Waals surface area contributed by atoms with Gasteiger partial charge >= 0.3 is 5.97 Å². The average molecular weight is 209 g/mol. The van der Waals surface area contributed by atoms with E-state index >= 15 is 0 Å². The fourth-order valence-electron chi connectivity index (χ4n) is 1.11. The van der Waals surface area contributed by atoms with Crippen molar-refractivity contribution in [2.45, 2.75) is 13.3 Å². The highest BCUT2D eigenvalue weighted by molar-refractivity contribution is 5.95. The Morgan fingerprint density at radius 1 is 1.47 bits per heavy atom. The third kappa shape index (κ3) is 2.87. The molecule has 0 aromatic heterocycles. The molecule has 0 aliphatic heterocycles. The lowest BCUT2D eigenvalue weighted by Gasteiger charge is -2.07. The normalized spacial score (nSPS) is 9.73. The number of nitrogen functional groups attached to an aromatic ring is 1. The van der Waals surface area contributed by atoms with E-state index in [2.05, 4.69) is 0 Å². The third-order valence-electron chi connectivity index (χ3n) is 1.92. The topological polar surface area (TPSA) is 61.5 Å². The summed E-state index contributed by atoms with van der Waals surface area (Å²) in [6, 6.07) is 4.90. The SMILES string of the molecule is CCCOC(=O)c1cc(OC)ccc1N. The largest absolute Gasteiger partial charge is 0.497 e. The van der Waals surface area contributed by atoms with E-state index in [1.807, 2.05) is 6.92 Å². The van der Waals surface area contributed by atoms with Gasteiger partial charge in [0.1, 0.15) is 5.75 Å². The molecule has 0 amide bonds. The minimum Gasteiger partial charge on any atom is -0.497 e. The van der Waals surface area contributed by atoms with Crippen LogP contribution in [-0.4, -0.2) is 19.7 Å². The number of hydrogen-bond acceptors (Lipinski definition) is 4. The second-order valence-electron chi connectivity index (χ2n) is 3.09. The monoisotopic (exact) mass is 209 g/mol. The Morgan fingerprint density at radius 2 is 2.20 bits per heavy atom. The highest BCUT2D eigenvalue weighted by Crippen LogP contribution is 2.20. The summed E-state index contributed by atoms with van der Waals surface area (Å²) in [5, 5.41) is 0. The molecule has 1 aromatic rings. The molecule has 0 aliphatic carbocycles. The Kier molecular flexibility index (Phi) is 3.97. The lowest BCUT2D eigenvalue weighted by molar-refractivity contribution is 0.0506. The Balaban J connectivity index is 2.86. The van der Waals surface area contributed by atoms with Gasteiger partial charge in [-0.3, -0.25) is 0 Å². The lowest BCUT2D eigenvalue weighted by atomic mass is 10.2. The van der Waals surface area contributed by atoms with Crippen molar-refractivity contribution in [2.75, 3.05) is 19.5 Å². The first-order valence-corrected chi connectivity index (χ1v) is 4.79. The van der Waals surface area contributed by atoms with Crippen molar-refractivity contribution in [2.24, 2.45) is 0 Å². The molecule has 1 aromatic carbocycles. The molecular weight excluding hydrogens is 194 g/mol. The smallest absolute Gasteiger partial charge is 0.340 e. The van der Waals surface area contributed by atoms with Crippen LogP contribution in [0.2, 0.25) is 0 Å². The minimum atomic E-state index is -0.409. The van der Waals surface area contributed by atoms with Crippen LogP contribution in [0.1, 0.15) is 23.7 Å². The van der Waals surface area contributed by atoms with Crippen molar-refractivity contribution in [3.8, 4) is 5.75 Å². The maximum atomic E-state index is 11.5. The summed E-state index contributed by atoms with van der Waals surface area (Å²) in [5.74, 6) is 0.181. The van der Waals surface area contributed by atoms with Crippen LogP contribution >= 0.6 is 0 Å². The highest BCUT2D eigenvalue weighted by Gasteiger charge is 2.11. The first-order valence-electron chi connectivity index (χ1n) is 4.79. The number of benzene rings is 1. The van der Waals surface area contributed by atoms with Gasteiger partial charge in [0.15, 0.2) is 0 Å². The summed E-state index contributed by atoms with van der Waals surface area (Å²) in [7, 11) is 1.53. The molecule has 0 saturated heterocycles. The van der Waals surface area contributed by atoms with Crippen LogP contribution in [0.15, 0.2) is 18.2 Å². The van der Waals surface area contributed by atoms with E-state index in [1.165, 1.54) is 7.11 Å². The molecule has 0 spiro atoms. The summed E-state index contributed by atoms with van der Waals surface area (Å²) >= 11 is 0. The molecular formula is C11H15NO3. The molecule has 0 aliphatic rings. The van der Waals surface area contributed by atoms with Crippen molar-refractivity contribution in [1.29, 1.82) is 0 Å². The fourth-order valence-corrected chi connectivity index (χ4v) is 1.11. The predicted molar refractivity (Wildman–Crippen MR) is 58.0 cm³/mol. The van der Waals surface area contributed by atoms with E-state index < -0.39 is 5.97 Å². The Labute approximate surface area is 89.0 Å². The van der Waals surface area contributed by atoms with E-state index in [0.717, 1.165) is 6.42 Å². The number of nitrogens with two attached hydrogens (primary N) is 1. The molecule has 82 valence electrons. The molecule has 0 heterocycles. The zero-order chi connectivity index (χ0) is 11.3. The lowest BCUT2D eigenvalue weighted by Crippen LogP contribution is -2.09. The zero-order valence-corrected chi connectivity index (χ0v) is 8.95. The van der Waals surface area contributed by atoms with Crippen molar-refractivity contribution >= 4 is 11.7 Å². The summed E-state index contributed by atoms with van der Waals surface area (Å²) in [6.07, 6.45) is 0.787. The quantitative estimate of drug-likeness (QED) is 0.607. The molecule has 0 radical (unpaired) electrons. The second kappa shape index (κ2) is 5.24. The van der Waals surface area contributed by atoms with E-state index in [4.69, 9.17) is 15.2 Å². The number of carbonyl (C=O) groups excluding carboxylic acids is 1. The summed E-state index contributed by atoms with van der Waals surface area (Å²) in [5.41, 5.74) is 6.41. The van der Waals surface area contributed by atoms with Gasteiger partial charge in [-0.15, -0.1) is 0 Å². The number of methoxy groups -OCH3 is 1. The number of ether oxygens (including phenoxy) is 2. The first kappa shape index (κ1) is 11.4. The van der Waals surface area contributed by atoms with Gasteiger partial charge in [-0.25, -0.2) is 4.79 Å². The van der Waals surface area contributed by atoms with Crippen LogP contribution in [0.4, 0.5) is 5.69 Å². The molecule has 0 atom stereocenters. The Bertz CT molecular complexity index is 350. The Hall–Kier alpha value is -1.71. The second-order valence-corrected chi connectivity index (χ2v) is 3.09. The molecule has 0 fully saturated rings. The van der Waals surface area contributed by atoms with Gasteiger partial charge in [0.2, 0.25) is 0 Å². The predicted octanol–water partition coefficient (Wildman–Crippen LogP) is 1.84. The van der Waals surface area contributed by atoms with Gasteiger partial charge in [-0.05, 0) is 24.6 Å². The fraction of sp³-hybridized carbons (Fsp3) is 0.364. The third-order valence-corrected chi connectivity index (χ3v) is 1.92. The van der Waals surface area contributed by atoms with Crippen molar-refractivity contribution in [3.05, 3.63) is 23.8 Å². The van der Waals surface area contributed by atoms with E-state index in [1.54, 1.807) is 18.2 Å². The van der Waals surface area contributed by atoms with Gasteiger partial charge in [-0.1, -0.05) is 6.92 Å². The molecule has 4 nitrogen and oxygen atoms in total. The van der Waals surface area contributed by atoms with Gasteiger partial charge < -0.3 is 15.2 Å². The standard InChI is InChI=1S/C11H15NO3/c1-3-6-15-11(13)9-7-8(14-2)4-5-10(9)12/h4-5,7H,3,6,12H2,1-2H3. The zero-order valence-electron chi connectivity index (χ0n) is 8.95. The molecule has 0 bridgehead atoms. The van der Waals surface area contributed by atoms with Crippen molar-refractivity contribution in [1.82, 2.24) is 0 Å². The number of carbonyl (C=O) groups is 1. The van der Waals surface area contributed by atoms with Crippen LogP contribution in [0.25, 0.3) is 0 Å². The van der Waals surface area contributed by atoms with Crippen LogP contribution in [0, 0.1) is 0 Å². The van der Waals surface area contributed by atoms with Crippen LogP contribution < -0.4 is 10.5 Å². The van der Waals surface area contributed by atoms with Gasteiger partial charge in [0.25, 0.3) is 0 Å². The van der Waals surface area contributed by atoms with Crippen LogP contribution in [0.5, 0.6) is 5.75 Å². The average Bonchev–Trinajstić information content (AvgIpc) is 2.26. The minimum absolute atomic E-state index is 0.350. The van der Waals surface area contributed by atoms with Crippen molar-refractivity contribution in [3.63, 3.8) is 0 Å². The van der Waals surface area contributed by atoms with E-state index in [-0.39, 0.29) is 0 Å². The maximum absolute atomic E-state index is 11.5. The van der Waals surface area contributed by atoms with Crippen molar-refractivity contribution < 1.29 is 14.3 Å². The summed E-state index contributed by atoms with van der Waals surface area (Å²) in [6.45, 7) is 2.33. The maximum Gasteiger partial charge on any atom is 0.340 e. The molecule has 2 N–H and O–H groups in total. The molecule has 4 heteroatoms. The molecule has 0 saturated carbocycles. The van der Waals surface area contributed by atoms with Gasteiger partial charge in [0.05, 0.1) is 19.3 Å². The Morgan fingerprint density at radius 3 is 2.80 bits per heavy atom. The van der Waals surface area contributed by atoms with E-state index in [9.17, 15) is 4.79 Å². The molecule has 1 rings (SSSR count). The van der Waals surface area contributed by atoms with E-state index in [0.29, 0.717) is 23.6 Å². The van der Waals surface area contributed by atoms with Gasteiger partial charge in [-0.2, -0.15) is 0 Å². The number of esters is 1. The molecule has 0 unspecified atom stereocenters. The number of rotatable bonds is 4. The van der Waals surface area contributed by atoms with Gasteiger partial charge in [0, 0.05) is 5.69 Å². The van der Waals surface area contributed by atoms with Crippen LogP contribution in [0.3, 0.4) is 0 Å². The summed E-state index contributed by atoms with van der Waals surface area (Å²) < 4.78 is 9.98. The number of hydrogen-bond donors (Lipinski definition) is 1. The first-order chi connectivity index (χ1) is 7.19. The highest BCUT2D eigenvalue weighted by atomic mass is 16.5. The number of anilines is 1. The van der Waals surface area contributed by atoms with Crippen LogP contribution in [-0.2, 0) is 4.74 Å².